The standard InChI is InChI=1S/C54H70N8O8/c1-11-60-46-19-18-36-28-41(46)42(49(60)40-15-12-20-55-45(40)31-69-10)29-54(5,6)32-70-53(68)43-16-13-22-62(57-43)52(67)44(26-35-24-37(36)27-39(63)25-35)56-50(65)48(33(2)3)59(9)51(66)38-23-34(4)61(30-38)47(64)17-14-21-58(7)8/h12,15,18-20,24-25,27-28,33-34,38,43-44,48,57,63H,11,13,16,21-23,26,29-32H2,1-10H3,(H,56,65)/t34-,38+,43+,44?,48-/m1/s1. The molecule has 4 amide bonds. The molecule has 6 bridgehead atoms. The van der Waals surface area contributed by atoms with Crippen LogP contribution in [0, 0.1) is 29.1 Å². The van der Waals surface area contributed by atoms with Gasteiger partial charge >= 0.3 is 5.97 Å². The van der Waals surface area contributed by atoms with E-state index in [0.717, 1.165) is 39.0 Å². The fraction of sp³-hybridized carbons (Fsp3) is 0.519. The van der Waals surface area contributed by atoms with Crippen LogP contribution in [-0.4, -0.2) is 143 Å². The van der Waals surface area contributed by atoms with Crippen LogP contribution in [0.5, 0.6) is 5.75 Å². The third-order valence-electron chi connectivity index (χ3n) is 13.7. The van der Waals surface area contributed by atoms with Crippen LogP contribution in [0.15, 0.2) is 54.7 Å². The summed E-state index contributed by atoms with van der Waals surface area (Å²) in [5.74, 6) is 2.50. The van der Waals surface area contributed by atoms with Gasteiger partial charge in [-0.25, -0.2) is 5.43 Å². The number of benzene rings is 2. The van der Waals surface area contributed by atoms with Gasteiger partial charge in [0.2, 0.25) is 11.8 Å². The quantitative estimate of drug-likeness (QED) is 0.141. The molecule has 0 radical (unpaired) electrons. The number of likely N-dealkylation sites (N-methyl/N-ethyl adjacent to an activating group) is 1. The van der Waals surface area contributed by atoms with E-state index in [1.807, 2.05) is 58.0 Å². The summed E-state index contributed by atoms with van der Waals surface area (Å²) < 4.78 is 14.0. The maximum atomic E-state index is 14.8. The molecule has 0 aliphatic carbocycles. The first-order valence-corrected chi connectivity index (χ1v) is 24.5. The minimum absolute atomic E-state index is 0.0152. The number of cyclic esters (lactones) is 1. The number of pyridine rings is 1. The van der Waals surface area contributed by atoms with Gasteiger partial charge in [-0.1, -0.05) is 45.7 Å². The highest BCUT2D eigenvalue weighted by atomic mass is 16.5. The Morgan fingerprint density at radius 3 is 2.57 bits per heavy atom. The number of ether oxygens (including phenoxy) is 2. The van der Waals surface area contributed by atoms with E-state index in [0.29, 0.717) is 56.5 Å². The Morgan fingerprint density at radius 2 is 1.86 bits per heavy atom. The number of hydrogen-bond acceptors (Lipinski definition) is 11. The second-order valence-corrected chi connectivity index (χ2v) is 20.6. The largest absolute Gasteiger partial charge is 0.508 e. The Balaban J connectivity index is 1.26. The molecule has 70 heavy (non-hydrogen) atoms. The minimum Gasteiger partial charge on any atom is -0.508 e. The van der Waals surface area contributed by atoms with E-state index in [9.17, 15) is 29.1 Å². The molecule has 3 aliphatic rings. The number of hydrogen-bond donors (Lipinski definition) is 3. The molecule has 0 saturated carbocycles. The number of carbonyl (C=O) groups excluding carboxylic acids is 5. The summed E-state index contributed by atoms with van der Waals surface area (Å²) in [6, 6.07) is 12.2. The number of fused-ring (bicyclic) bond motifs is 6. The zero-order valence-electron chi connectivity index (χ0n) is 42.4. The van der Waals surface area contributed by atoms with Gasteiger partial charge < -0.3 is 34.3 Å². The summed E-state index contributed by atoms with van der Waals surface area (Å²) in [4.78, 5) is 80.4. The van der Waals surface area contributed by atoms with Crippen molar-refractivity contribution in [1.82, 2.24) is 40.0 Å². The maximum absolute atomic E-state index is 14.8. The Bertz CT molecular complexity index is 2680. The summed E-state index contributed by atoms with van der Waals surface area (Å²) in [5.41, 5.74) is 9.52. The summed E-state index contributed by atoms with van der Waals surface area (Å²) in [6.45, 7) is 13.8. The zero-order valence-corrected chi connectivity index (χ0v) is 42.4. The lowest BCUT2D eigenvalue weighted by Crippen LogP contribution is -2.62. The van der Waals surface area contributed by atoms with E-state index < -0.39 is 47.2 Å². The Hall–Kier alpha value is -6.28. The summed E-state index contributed by atoms with van der Waals surface area (Å²) in [5, 5.41) is 16.8. The van der Waals surface area contributed by atoms with Gasteiger partial charge in [0, 0.05) is 74.3 Å². The van der Waals surface area contributed by atoms with Crippen LogP contribution in [0.2, 0.25) is 0 Å². The number of aromatic nitrogens is 2. The van der Waals surface area contributed by atoms with Gasteiger partial charge in [0.15, 0.2) is 0 Å². The van der Waals surface area contributed by atoms with Crippen LogP contribution in [0.25, 0.3) is 33.3 Å². The molecular formula is C54H70N8O8. The Kier molecular flexibility index (Phi) is 16.0. The molecular weight excluding hydrogens is 889 g/mol. The minimum atomic E-state index is -1.18. The lowest BCUT2D eigenvalue weighted by atomic mass is 9.84. The molecule has 5 heterocycles. The SMILES string of the molecule is CCn1c(-c2cccnc2COC)c2c3cc(ccc31)-c1cc(O)cc(c1)CC(NC(=O)[C@@H](C(C)C)N(C)C(=O)[C@H]1C[C@@H](C)N(C(=O)C#CCN(C)C)C1)C(=O)N1CCC[C@H](N1)C(=O)OCC(C)(C)C2. The van der Waals surface area contributed by atoms with E-state index in [1.165, 1.54) is 9.91 Å². The van der Waals surface area contributed by atoms with Crippen molar-refractivity contribution < 1.29 is 38.6 Å². The molecule has 2 saturated heterocycles. The predicted octanol–water partition coefficient (Wildman–Crippen LogP) is 5.18. The number of rotatable bonds is 10. The highest BCUT2D eigenvalue weighted by Crippen LogP contribution is 2.41. The number of nitrogens with zero attached hydrogens (tertiary/aromatic N) is 6. The summed E-state index contributed by atoms with van der Waals surface area (Å²) in [6.07, 6.45) is 3.64. The van der Waals surface area contributed by atoms with Crippen molar-refractivity contribution in [2.24, 2.45) is 17.3 Å². The second kappa shape index (κ2) is 21.8. The molecule has 16 heteroatoms. The predicted molar refractivity (Wildman–Crippen MR) is 268 cm³/mol. The number of carbonyl (C=O) groups is 5. The van der Waals surface area contributed by atoms with E-state index in [1.54, 1.807) is 37.4 Å². The number of nitrogens with one attached hydrogen (secondary N) is 2. The first kappa shape index (κ1) is 51.6. The number of phenols is 1. The number of likely N-dealkylation sites (tertiary alicyclic amines) is 1. The van der Waals surface area contributed by atoms with Crippen LogP contribution in [0.1, 0.15) is 77.6 Å². The number of aromatic hydroxyl groups is 1. The van der Waals surface area contributed by atoms with Crippen LogP contribution in [0.3, 0.4) is 0 Å². The number of methoxy groups -OCH3 is 1. The van der Waals surface area contributed by atoms with Crippen molar-refractivity contribution in [3.63, 3.8) is 0 Å². The molecule has 5 atom stereocenters. The monoisotopic (exact) mass is 959 g/mol. The van der Waals surface area contributed by atoms with E-state index >= 15 is 0 Å². The van der Waals surface area contributed by atoms with Crippen molar-refractivity contribution in [3.05, 3.63) is 71.5 Å². The van der Waals surface area contributed by atoms with E-state index in [4.69, 9.17) is 14.5 Å². The number of phenolic OH excluding ortho intramolecular Hbond substituents is 1. The van der Waals surface area contributed by atoms with Crippen molar-refractivity contribution in [2.75, 3.05) is 54.5 Å². The molecule has 3 N–H and O–H groups in total. The van der Waals surface area contributed by atoms with Gasteiger partial charge in [-0.3, -0.25) is 38.9 Å². The van der Waals surface area contributed by atoms with Crippen molar-refractivity contribution >= 4 is 40.5 Å². The Labute approximate surface area is 412 Å². The van der Waals surface area contributed by atoms with E-state index in [-0.39, 0.29) is 55.6 Å². The number of hydrazine groups is 1. The van der Waals surface area contributed by atoms with E-state index in [2.05, 4.69) is 66.1 Å². The molecule has 2 aromatic heterocycles. The topological polar surface area (TPSA) is 179 Å². The van der Waals surface area contributed by atoms with Crippen molar-refractivity contribution in [3.8, 4) is 40.0 Å². The normalized spacial score (nSPS) is 21.0. The third-order valence-corrected chi connectivity index (χ3v) is 13.7. The van der Waals surface area contributed by atoms with Crippen molar-refractivity contribution in [1.29, 1.82) is 0 Å². The molecule has 4 aromatic rings. The maximum Gasteiger partial charge on any atom is 0.324 e. The van der Waals surface area contributed by atoms with Crippen LogP contribution in [-0.2, 0) is 59.4 Å². The highest BCUT2D eigenvalue weighted by molar-refractivity contribution is 5.97. The molecule has 2 fully saturated rings. The van der Waals surface area contributed by atoms with Crippen LogP contribution < -0.4 is 10.7 Å². The van der Waals surface area contributed by atoms with Gasteiger partial charge in [-0.05, 0) is 124 Å². The summed E-state index contributed by atoms with van der Waals surface area (Å²) >= 11 is 0. The average molecular weight is 959 g/mol. The fourth-order valence-corrected chi connectivity index (χ4v) is 10.4. The smallest absolute Gasteiger partial charge is 0.324 e. The lowest BCUT2D eigenvalue weighted by molar-refractivity contribution is -0.155. The lowest BCUT2D eigenvalue weighted by Gasteiger charge is -2.37. The molecule has 0 spiro atoms. The van der Waals surface area contributed by atoms with Gasteiger partial charge in [0.25, 0.3) is 11.8 Å². The van der Waals surface area contributed by atoms with Gasteiger partial charge in [-0.15, -0.1) is 0 Å². The molecule has 374 valence electrons. The molecule has 1 unspecified atom stereocenters. The third kappa shape index (κ3) is 11.3. The zero-order chi connectivity index (χ0) is 50.6. The number of amides is 4. The first-order chi connectivity index (χ1) is 33.3. The molecule has 3 aliphatic heterocycles. The first-order valence-electron chi connectivity index (χ1n) is 24.5. The summed E-state index contributed by atoms with van der Waals surface area (Å²) in [7, 11) is 6.97. The fourth-order valence-electron chi connectivity index (χ4n) is 10.4. The molecule has 7 rings (SSSR count). The highest BCUT2D eigenvalue weighted by Gasteiger charge is 2.42. The van der Waals surface area contributed by atoms with Gasteiger partial charge in [0.1, 0.15) is 23.9 Å². The van der Waals surface area contributed by atoms with Gasteiger partial charge in [0.05, 0.1) is 37.1 Å². The molecule has 16 nitrogen and oxygen atoms in total. The van der Waals surface area contributed by atoms with Crippen LogP contribution >= 0.6 is 0 Å². The molecule has 2 aromatic carbocycles. The number of esters is 1. The van der Waals surface area contributed by atoms with Crippen LogP contribution in [0.4, 0.5) is 0 Å². The average Bonchev–Trinajstić information content (AvgIpc) is 3.86. The number of aryl methyl sites for hydroxylation is 1. The van der Waals surface area contributed by atoms with Gasteiger partial charge in [-0.2, -0.15) is 0 Å². The van der Waals surface area contributed by atoms with Crippen molar-refractivity contribution in [2.45, 2.75) is 111 Å². The Morgan fingerprint density at radius 1 is 1.09 bits per heavy atom. The second-order valence-electron chi connectivity index (χ2n) is 20.6.